The maximum Gasteiger partial charge on any atom is 0.287 e. The van der Waals surface area contributed by atoms with Crippen LogP contribution in [0.25, 0.3) is 11.3 Å². The minimum absolute atomic E-state index is 0.0157. The van der Waals surface area contributed by atoms with Gasteiger partial charge in [-0.1, -0.05) is 25.1 Å². The molecule has 0 saturated heterocycles. The van der Waals surface area contributed by atoms with Gasteiger partial charge in [0.25, 0.3) is 5.91 Å². The summed E-state index contributed by atoms with van der Waals surface area (Å²) in [5, 5.41) is 11.9. The van der Waals surface area contributed by atoms with Crippen LogP contribution < -0.4 is 10.2 Å². The normalized spacial score (nSPS) is 10.7. The van der Waals surface area contributed by atoms with Crippen LogP contribution in [0.15, 0.2) is 102 Å². The Bertz CT molecular complexity index is 1680. The van der Waals surface area contributed by atoms with Crippen LogP contribution in [0, 0.1) is 11.3 Å². The Morgan fingerprint density at radius 3 is 2.50 bits per heavy atom. The quantitative estimate of drug-likeness (QED) is 0.222. The van der Waals surface area contributed by atoms with Crippen LogP contribution in [0.1, 0.15) is 52.7 Å². The van der Waals surface area contributed by atoms with Gasteiger partial charge in [-0.15, -0.1) is 0 Å². The fourth-order valence-corrected chi connectivity index (χ4v) is 4.53. The molecule has 0 fully saturated rings. The molecule has 0 bridgehead atoms. The highest BCUT2D eigenvalue weighted by molar-refractivity contribution is 5.94. The Hall–Kier alpha value is -5.49. The summed E-state index contributed by atoms with van der Waals surface area (Å²) < 4.78 is 7.85. The van der Waals surface area contributed by atoms with E-state index in [4.69, 9.17) is 9.68 Å². The van der Waals surface area contributed by atoms with Gasteiger partial charge in [-0.3, -0.25) is 14.6 Å². The molecule has 9 nitrogen and oxygen atoms in total. The first-order valence-electron chi connectivity index (χ1n) is 13.7. The largest absolute Gasteiger partial charge is 0.451 e. The van der Waals surface area contributed by atoms with E-state index in [0.717, 1.165) is 34.5 Å². The highest BCUT2D eigenvalue weighted by atomic mass is 16.3. The van der Waals surface area contributed by atoms with Crippen LogP contribution in [0.4, 0.5) is 5.69 Å². The number of rotatable bonds is 11. The molecule has 9 heteroatoms. The zero-order chi connectivity index (χ0) is 29.3. The topological polar surface area (TPSA) is 117 Å². The summed E-state index contributed by atoms with van der Waals surface area (Å²) in [4.78, 5) is 35.9. The Morgan fingerprint density at radius 2 is 1.79 bits per heavy atom. The predicted octanol–water partition coefficient (Wildman–Crippen LogP) is 5.72. The fourth-order valence-electron chi connectivity index (χ4n) is 4.53. The molecule has 3 aromatic heterocycles. The van der Waals surface area contributed by atoms with Gasteiger partial charge >= 0.3 is 0 Å². The molecule has 0 radical (unpaired) electrons. The summed E-state index contributed by atoms with van der Waals surface area (Å²) >= 11 is 0. The molecule has 0 aliphatic rings. The van der Waals surface area contributed by atoms with E-state index in [2.05, 4.69) is 21.4 Å². The summed E-state index contributed by atoms with van der Waals surface area (Å²) in [5.41, 5.74) is 4.98. The van der Waals surface area contributed by atoms with Crippen molar-refractivity contribution in [2.24, 2.45) is 0 Å². The number of nitrogens with zero attached hydrogens (tertiary/aromatic N) is 5. The average Bonchev–Trinajstić information content (AvgIpc) is 3.70. The number of benzene rings is 2. The molecule has 3 heterocycles. The predicted molar refractivity (Wildman–Crippen MR) is 158 cm³/mol. The molecule has 5 aromatic rings. The first-order chi connectivity index (χ1) is 20.5. The molecule has 42 heavy (non-hydrogen) atoms. The lowest BCUT2D eigenvalue weighted by Crippen LogP contribution is -2.31. The van der Waals surface area contributed by atoms with Crippen LogP contribution in [-0.2, 0) is 24.4 Å². The van der Waals surface area contributed by atoms with Gasteiger partial charge in [0.2, 0.25) is 5.91 Å². The molecule has 2 aromatic carbocycles. The molecule has 0 saturated carbocycles. The monoisotopic (exact) mass is 558 g/mol. The summed E-state index contributed by atoms with van der Waals surface area (Å²) in [6.07, 6.45) is 8.06. The number of pyridine rings is 1. The Balaban J connectivity index is 1.29. The molecule has 5 rings (SSSR count). The van der Waals surface area contributed by atoms with E-state index in [-0.39, 0.29) is 17.6 Å². The number of nitriles is 1. The standard InChI is InChI=1S/C33H30N6O3/c1-2-4-32(40)39(22-29-20-36-23-38(29)21-25-8-6-24(17-34)7-9-25)28-12-10-27(11-13-28)30-14-15-31(42-30)33(41)37-19-26-5-3-16-35-18-26/h3,5-16,18,20,23H,2,4,19,21-22H2,1H3,(H,37,41). The minimum Gasteiger partial charge on any atom is -0.451 e. The van der Waals surface area contributed by atoms with Gasteiger partial charge in [0.15, 0.2) is 5.76 Å². The molecule has 2 amide bonds. The van der Waals surface area contributed by atoms with Gasteiger partial charge in [0.05, 0.1) is 30.2 Å². The van der Waals surface area contributed by atoms with E-state index in [0.29, 0.717) is 37.4 Å². The van der Waals surface area contributed by atoms with Crippen molar-refractivity contribution in [2.45, 2.75) is 39.4 Å². The van der Waals surface area contributed by atoms with E-state index in [1.54, 1.807) is 54.1 Å². The second-order valence-electron chi connectivity index (χ2n) is 9.81. The van der Waals surface area contributed by atoms with Gasteiger partial charge in [0, 0.05) is 49.4 Å². The lowest BCUT2D eigenvalue weighted by molar-refractivity contribution is -0.118. The maximum atomic E-state index is 13.2. The molecule has 0 spiro atoms. The van der Waals surface area contributed by atoms with E-state index in [1.165, 1.54) is 0 Å². The molecule has 0 atom stereocenters. The number of imidazole rings is 1. The number of aromatic nitrogens is 3. The maximum absolute atomic E-state index is 13.2. The molecular weight excluding hydrogens is 528 g/mol. The lowest BCUT2D eigenvalue weighted by Gasteiger charge is -2.24. The van der Waals surface area contributed by atoms with Gasteiger partial charge in [-0.05, 0) is 72.1 Å². The molecular formula is C33H30N6O3. The van der Waals surface area contributed by atoms with E-state index < -0.39 is 0 Å². The molecule has 1 N–H and O–H groups in total. The van der Waals surface area contributed by atoms with Crippen molar-refractivity contribution in [3.63, 3.8) is 0 Å². The summed E-state index contributed by atoms with van der Waals surface area (Å²) in [6, 6.07) is 24.2. The zero-order valence-electron chi connectivity index (χ0n) is 23.2. The summed E-state index contributed by atoms with van der Waals surface area (Å²) in [6.45, 7) is 3.27. The summed E-state index contributed by atoms with van der Waals surface area (Å²) in [5.74, 6) is 0.478. The second kappa shape index (κ2) is 13.2. The molecule has 0 aliphatic heterocycles. The minimum atomic E-state index is -0.310. The first kappa shape index (κ1) is 28.1. The fraction of sp³-hybridized carbons (Fsp3) is 0.182. The molecule has 210 valence electrons. The number of furan rings is 1. The van der Waals surface area contributed by atoms with Crippen molar-refractivity contribution in [2.75, 3.05) is 4.90 Å². The van der Waals surface area contributed by atoms with Crippen molar-refractivity contribution >= 4 is 17.5 Å². The van der Waals surface area contributed by atoms with Crippen molar-refractivity contribution in [1.82, 2.24) is 19.9 Å². The van der Waals surface area contributed by atoms with Crippen LogP contribution in [0.3, 0.4) is 0 Å². The number of carbonyl (C=O) groups is 2. The van der Waals surface area contributed by atoms with E-state index in [1.807, 2.05) is 60.0 Å². The third kappa shape index (κ3) is 6.80. The SMILES string of the molecule is CCCC(=O)N(Cc1cncn1Cc1ccc(C#N)cc1)c1ccc(-c2ccc(C(=O)NCc3cccnc3)o2)cc1. The van der Waals surface area contributed by atoms with Gasteiger partial charge in [-0.25, -0.2) is 4.98 Å². The van der Waals surface area contributed by atoms with Crippen LogP contribution >= 0.6 is 0 Å². The molecule has 0 unspecified atom stereocenters. The zero-order valence-corrected chi connectivity index (χ0v) is 23.2. The number of carbonyl (C=O) groups excluding carboxylic acids is 2. The third-order valence-corrected chi connectivity index (χ3v) is 6.79. The van der Waals surface area contributed by atoms with Crippen molar-refractivity contribution in [3.8, 4) is 17.4 Å². The number of hydrogen-bond acceptors (Lipinski definition) is 6. The van der Waals surface area contributed by atoms with E-state index in [9.17, 15) is 9.59 Å². The van der Waals surface area contributed by atoms with Crippen LogP contribution in [0.2, 0.25) is 0 Å². The highest BCUT2D eigenvalue weighted by Gasteiger charge is 2.19. The van der Waals surface area contributed by atoms with Crippen molar-refractivity contribution in [3.05, 3.63) is 126 Å². The van der Waals surface area contributed by atoms with Crippen LogP contribution in [0.5, 0.6) is 0 Å². The Morgan fingerprint density at radius 1 is 0.976 bits per heavy atom. The Kier molecular flexibility index (Phi) is 8.85. The van der Waals surface area contributed by atoms with Gasteiger partial charge < -0.3 is 19.2 Å². The smallest absolute Gasteiger partial charge is 0.287 e. The van der Waals surface area contributed by atoms with E-state index >= 15 is 0 Å². The number of hydrogen-bond donors (Lipinski definition) is 1. The Labute approximate surface area is 244 Å². The van der Waals surface area contributed by atoms with Crippen LogP contribution in [-0.4, -0.2) is 26.3 Å². The number of anilines is 1. The van der Waals surface area contributed by atoms with Crippen molar-refractivity contribution in [1.29, 1.82) is 5.26 Å². The van der Waals surface area contributed by atoms with Crippen molar-refractivity contribution < 1.29 is 14.0 Å². The van der Waals surface area contributed by atoms with Gasteiger partial charge in [0.1, 0.15) is 5.76 Å². The van der Waals surface area contributed by atoms with Gasteiger partial charge in [-0.2, -0.15) is 5.26 Å². The third-order valence-electron chi connectivity index (χ3n) is 6.79. The summed E-state index contributed by atoms with van der Waals surface area (Å²) in [7, 11) is 0. The average molecular weight is 559 g/mol. The lowest BCUT2D eigenvalue weighted by atomic mass is 10.1. The highest BCUT2D eigenvalue weighted by Crippen LogP contribution is 2.27. The second-order valence-corrected chi connectivity index (χ2v) is 9.81. The number of nitrogens with one attached hydrogen (secondary N) is 1. The first-order valence-corrected chi connectivity index (χ1v) is 13.7. The molecule has 0 aliphatic carbocycles. The number of amides is 2.